The highest BCUT2D eigenvalue weighted by Gasteiger charge is 2.15. The largest absolute Gasteiger partial charge is 0.459 e. The summed E-state index contributed by atoms with van der Waals surface area (Å²) in [7, 11) is -1.17. The highest BCUT2D eigenvalue weighted by molar-refractivity contribution is 7.82. The van der Waals surface area contributed by atoms with Gasteiger partial charge in [-0.1, -0.05) is 0 Å². The molecule has 0 aliphatic carbocycles. The van der Waals surface area contributed by atoms with E-state index in [1.165, 1.54) is 6.26 Å². The predicted molar refractivity (Wildman–Crippen MR) is 47.9 cm³/mol. The maximum Gasteiger partial charge on any atom is 0.321 e. The first kappa shape index (κ1) is 11.6. The number of carbonyl (C=O) groups excluding carboxylic acids is 1. The maximum absolute atomic E-state index is 10.9. The zero-order valence-corrected chi connectivity index (χ0v) is 8.66. The molecule has 0 aromatic heterocycles. The molecule has 0 spiro atoms. The van der Waals surface area contributed by atoms with Crippen molar-refractivity contribution in [2.75, 3.05) is 12.8 Å². The molecule has 0 heterocycles. The van der Waals surface area contributed by atoms with E-state index in [1.54, 1.807) is 20.8 Å². The molecule has 0 aromatic rings. The van der Waals surface area contributed by atoms with E-state index in [9.17, 15) is 9.00 Å². The summed E-state index contributed by atoms with van der Waals surface area (Å²) >= 11 is 0. The molecule has 0 rings (SSSR count). The van der Waals surface area contributed by atoms with Gasteiger partial charge in [0.2, 0.25) is 0 Å². The second kappa shape index (κ2) is 4.57. The van der Waals surface area contributed by atoms with E-state index in [0.29, 0.717) is 0 Å². The standard InChI is InChI=1S/C7H15NO3S/c1-7(2,3)11-6(9)5-8-12(4)10/h8H,5H2,1-4H3. The number of rotatable bonds is 3. The molecule has 0 saturated heterocycles. The minimum atomic E-state index is -1.17. The van der Waals surface area contributed by atoms with Crippen molar-refractivity contribution in [2.24, 2.45) is 0 Å². The summed E-state index contributed by atoms with van der Waals surface area (Å²) in [6, 6.07) is 0. The van der Waals surface area contributed by atoms with Crippen LogP contribution in [-0.2, 0) is 20.5 Å². The zero-order chi connectivity index (χ0) is 9.78. The van der Waals surface area contributed by atoms with Gasteiger partial charge in [-0.25, -0.2) is 8.93 Å². The molecule has 0 amide bonds. The Morgan fingerprint density at radius 1 is 1.50 bits per heavy atom. The third-order valence-electron chi connectivity index (χ3n) is 0.840. The fourth-order valence-electron chi connectivity index (χ4n) is 0.538. The fraction of sp³-hybridized carbons (Fsp3) is 0.857. The van der Waals surface area contributed by atoms with Gasteiger partial charge in [-0.15, -0.1) is 0 Å². The third kappa shape index (κ3) is 7.68. The van der Waals surface area contributed by atoms with E-state index in [0.717, 1.165) is 0 Å². The SMILES string of the molecule is CS(=O)NCC(=O)OC(C)(C)C. The van der Waals surface area contributed by atoms with Gasteiger partial charge in [-0.3, -0.25) is 4.79 Å². The van der Waals surface area contributed by atoms with E-state index in [-0.39, 0.29) is 6.54 Å². The number of esters is 1. The van der Waals surface area contributed by atoms with Crippen LogP contribution < -0.4 is 4.72 Å². The van der Waals surface area contributed by atoms with Crippen LogP contribution >= 0.6 is 0 Å². The Morgan fingerprint density at radius 3 is 2.33 bits per heavy atom. The average Bonchev–Trinajstić information content (AvgIpc) is 1.79. The smallest absolute Gasteiger partial charge is 0.321 e. The minimum absolute atomic E-state index is 0.0135. The normalized spacial score (nSPS) is 14.0. The first-order valence-electron chi connectivity index (χ1n) is 3.60. The molecule has 12 heavy (non-hydrogen) atoms. The number of hydrogen-bond donors (Lipinski definition) is 1. The molecule has 0 aromatic carbocycles. The van der Waals surface area contributed by atoms with E-state index in [2.05, 4.69) is 4.72 Å². The van der Waals surface area contributed by atoms with Crippen LogP contribution in [0.1, 0.15) is 20.8 Å². The molecule has 4 nitrogen and oxygen atoms in total. The Labute approximate surface area is 75.3 Å². The summed E-state index contributed by atoms with van der Waals surface area (Å²) in [5.41, 5.74) is -0.478. The van der Waals surface area contributed by atoms with Crippen molar-refractivity contribution in [2.45, 2.75) is 26.4 Å². The Balaban J connectivity index is 3.68. The van der Waals surface area contributed by atoms with Crippen molar-refractivity contribution in [3.63, 3.8) is 0 Å². The third-order valence-corrected chi connectivity index (χ3v) is 1.39. The highest BCUT2D eigenvalue weighted by atomic mass is 32.2. The lowest BCUT2D eigenvalue weighted by atomic mass is 10.2. The van der Waals surface area contributed by atoms with Crippen LogP contribution in [0.2, 0.25) is 0 Å². The van der Waals surface area contributed by atoms with E-state index < -0.39 is 22.6 Å². The summed E-state index contributed by atoms with van der Waals surface area (Å²) in [5, 5.41) is 0. The highest BCUT2D eigenvalue weighted by Crippen LogP contribution is 2.05. The number of carbonyl (C=O) groups is 1. The van der Waals surface area contributed by atoms with Crippen LogP contribution in [0.5, 0.6) is 0 Å². The topological polar surface area (TPSA) is 55.4 Å². The average molecular weight is 193 g/mol. The van der Waals surface area contributed by atoms with Crippen LogP contribution in [-0.4, -0.2) is 28.6 Å². The van der Waals surface area contributed by atoms with Crippen molar-refractivity contribution in [1.82, 2.24) is 4.72 Å². The zero-order valence-electron chi connectivity index (χ0n) is 7.84. The van der Waals surface area contributed by atoms with Gasteiger partial charge in [0.15, 0.2) is 0 Å². The Kier molecular flexibility index (Phi) is 4.41. The lowest BCUT2D eigenvalue weighted by Gasteiger charge is -2.19. The van der Waals surface area contributed by atoms with Gasteiger partial charge >= 0.3 is 5.97 Å². The molecule has 0 radical (unpaired) electrons. The van der Waals surface area contributed by atoms with E-state index >= 15 is 0 Å². The predicted octanol–water partition coefficient (Wildman–Crippen LogP) is 0.211. The van der Waals surface area contributed by atoms with Gasteiger partial charge in [-0.2, -0.15) is 0 Å². The molecule has 72 valence electrons. The molecule has 0 aliphatic rings. The van der Waals surface area contributed by atoms with Crippen molar-refractivity contribution >= 4 is 17.0 Å². The molecule has 5 heteroatoms. The molecule has 1 unspecified atom stereocenters. The van der Waals surface area contributed by atoms with Gasteiger partial charge in [0.05, 0.1) is 11.0 Å². The Morgan fingerprint density at radius 2 is 2.00 bits per heavy atom. The van der Waals surface area contributed by atoms with Gasteiger partial charge in [-0.05, 0) is 20.8 Å². The molecule has 0 saturated carbocycles. The molecule has 1 atom stereocenters. The summed E-state index contributed by atoms with van der Waals surface area (Å²) in [6.45, 7) is 5.34. The number of nitrogens with one attached hydrogen (secondary N) is 1. The molecule has 0 bridgehead atoms. The molecular weight excluding hydrogens is 178 g/mol. The van der Waals surface area contributed by atoms with E-state index in [4.69, 9.17) is 4.74 Å². The summed E-state index contributed by atoms with van der Waals surface area (Å²) in [6.07, 6.45) is 1.46. The number of hydrogen-bond acceptors (Lipinski definition) is 3. The van der Waals surface area contributed by atoms with Crippen LogP contribution in [0, 0.1) is 0 Å². The van der Waals surface area contributed by atoms with Crippen LogP contribution in [0.3, 0.4) is 0 Å². The number of ether oxygens (including phenoxy) is 1. The Bertz CT molecular complexity index is 186. The van der Waals surface area contributed by atoms with Gasteiger partial charge in [0, 0.05) is 6.26 Å². The lowest BCUT2D eigenvalue weighted by Crippen LogP contribution is -2.31. The monoisotopic (exact) mass is 193 g/mol. The second-order valence-electron chi connectivity index (χ2n) is 3.36. The van der Waals surface area contributed by atoms with Gasteiger partial charge in [0.1, 0.15) is 12.1 Å². The lowest BCUT2D eigenvalue weighted by molar-refractivity contribution is -0.153. The summed E-state index contributed by atoms with van der Waals surface area (Å²) < 4.78 is 17.9. The molecular formula is C7H15NO3S. The fourth-order valence-corrected chi connectivity index (χ4v) is 0.859. The molecule has 1 N–H and O–H groups in total. The molecule has 0 aliphatic heterocycles. The van der Waals surface area contributed by atoms with Gasteiger partial charge < -0.3 is 4.74 Å². The van der Waals surface area contributed by atoms with Crippen molar-refractivity contribution in [3.05, 3.63) is 0 Å². The van der Waals surface area contributed by atoms with Crippen LogP contribution in [0.4, 0.5) is 0 Å². The minimum Gasteiger partial charge on any atom is -0.459 e. The molecule has 0 fully saturated rings. The summed E-state index contributed by atoms with van der Waals surface area (Å²) in [5.74, 6) is -0.391. The second-order valence-corrected chi connectivity index (χ2v) is 4.56. The maximum atomic E-state index is 10.9. The quantitative estimate of drug-likeness (QED) is 0.652. The van der Waals surface area contributed by atoms with E-state index in [1.807, 2.05) is 0 Å². The van der Waals surface area contributed by atoms with Crippen molar-refractivity contribution < 1.29 is 13.7 Å². The first-order chi connectivity index (χ1) is 5.31. The van der Waals surface area contributed by atoms with Crippen molar-refractivity contribution in [1.29, 1.82) is 0 Å². The Hall–Kier alpha value is -0.420. The van der Waals surface area contributed by atoms with Crippen LogP contribution in [0.25, 0.3) is 0 Å². The van der Waals surface area contributed by atoms with Crippen LogP contribution in [0.15, 0.2) is 0 Å². The summed E-state index contributed by atoms with van der Waals surface area (Å²) in [4.78, 5) is 10.9. The van der Waals surface area contributed by atoms with Gasteiger partial charge in [0.25, 0.3) is 0 Å². The van der Waals surface area contributed by atoms with Crippen molar-refractivity contribution in [3.8, 4) is 0 Å². The first-order valence-corrected chi connectivity index (χ1v) is 5.16.